The van der Waals surface area contributed by atoms with Crippen LogP contribution in [0, 0.1) is 5.92 Å². The molecule has 1 heterocycles. The lowest BCUT2D eigenvalue weighted by atomic mass is 9.91. The Morgan fingerprint density at radius 3 is 2.31 bits per heavy atom. The molecule has 2 N–H and O–H groups in total. The molecule has 1 aliphatic rings. The van der Waals surface area contributed by atoms with Gasteiger partial charge in [-0.1, -0.05) is 36.4 Å². The summed E-state index contributed by atoms with van der Waals surface area (Å²) < 4.78 is 25.8. The zero-order valence-electron chi connectivity index (χ0n) is 10.7. The molecule has 2 nitrogen and oxygen atoms in total. The monoisotopic (exact) mass is 254 g/mol. The Kier molecular flexibility index (Phi) is 7.62. The molecule has 4 unspecified atom stereocenters. The van der Waals surface area contributed by atoms with Gasteiger partial charge in [0.25, 0.3) is 5.66 Å². The molecular weight excluding hydrogens is 229 g/mol. The van der Waals surface area contributed by atoms with Gasteiger partial charge >= 0.3 is 0 Å². The Hall–Kier alpha value is 0.210. The smallest absolute Gasteiger partial charge is 0.273 e. The molecule has 0 aromatic heterocycles. The summed E-state index contributed by atoms with van der Waals surface area (Å²) in [4.78, 5) is 0. The van der Waals surface area contributed by atoms with Crippen molar-refractivity contribution >= 4 is 9.24 Å². The second-order valence-electron chi connectivity index (χ2n) is 4.45. The van der Waals surface area contributed by atoms with Crippen molar-refractivity contribution in [3.05, 3.63) is 0 Å². The normalized spacial score (nSPS) is 30.6. The van der Waals surface area contributed by atoms with Crippen LogP contribution < -0.4 is 10.6 Å². The van der Waals surface area contributed by atoms with Gasteiger partial charge in [-0.3, -0.25) is 0 Å². The number of halogens is 2. The van der Waals surface area contributed by atoms with Crippen molar-refractivity contribution in [1.82, 2.24) is 10.6 Å². The van der Waals surface area contributed by atoms with Gasteiger partial charge in [-0.15, -0.1) is 0 Å². The molecule has 1 aliphatic heterocycles. The zero-order chi connectivity index (χ0) is 12.8. The van der Waals surface area contributed by atoms with E-state index in [1.54, 1.807) is 9.24 Å². The van der Waals surface area contributed by atoms with Crippen LogP contribution in [0.3, 0.4) is 0 Å². The van der Waals surface area contributed by atoms with Gasteiger partial charge in [-0.25, -0.2) is 8.78 Å². The van der Waals surface area contributed by atoms with Crippen molar-refractivity contribution < 1.29 is 8.78 Å². The Morgan fingerprint density at radius 2 is 1.94 bits per heavy atom. The van der Waals surface area contributed by atoms with Gasteiger partial charge in [0.05, 0.1) is 6.04 Å². The molecule has 0 amide bonds. The quantitative estimate of drug-likeness (QED) is 0.740. The van der Waals surface area contributed by atoms with Crippen LogP contribution in [0.4, 0.5) is 8.78 Å². The number of rotatable bonds is 2. The zero-order valence-corrected chi connectivity index (χ0v) is 11.8. The summed E-state index contributed by atoms with van der Waals surface area (Å²) >= 11 is 0. The molecule has 0 spiro atoms. The van der Waals surface area contributed by atoms with Crippen molar-refractivity contribution in [1.29, 1.82) is 0 Å². The molecule has 16 heavy (non-hydrogen) atoms. The first kappa shape index (κ1) is 16.2. The van der Waals surface area contributed by atoms with Crippen LogP contribution in [0.25, 0.3) is 0 Å². The standard InChI is InChI=1S/C8H17F2N2P.C3H8/c1-5-4-12-7(8(9,10)13)3-6(5)11-2;1-3-2/h5-7,11-12H,3-4,13H2,1-2H3;3H2,1-2H3. The highest BCUT2D eigenvalue weighted by Crippen LogP contribution is 2.32. The Bertz CT molecular complexity index is 185. The lowest BCUT2D eigenvalue weighted by Crippen LogP contribution is -2.55. The fourth-order valence-corrected chi connectivity index (χ4v) is 1.99. The maximum atomic E-state index is 12.9. The van der Waals surface area contributed by atoms with E-state index in [0.717, 1.165) is 0 Å². The summed E-state index contributed by atoms with van der Waals surface area (Å²) in [6, 6.07) is -0.524. The molecule has 98 valence electrons. The SMILES string of the molecule is CCC.CNC1CC(C(F)(F)P)NCC1C. The third-order valence-corrected chi connectivity index (χ3v) is 3.10. The minimum atomic E-state index is -2.70. The topological polar surface area (TPSA) is 24.1 Å². The van der Waals surface area contributed by atoms with Gasteiger partial charge in [-0.2, -0.15) is 0 Å². The number of nitrogens with one attached hydrogen (secondary N) is 2. The Morgan fingerprint density at radius 1 is 1.44 bits per heavy atom. The molecule has 0 radical (unpaired) electrons. The maximum absolute atomic E-state index is 12.9. The van der Waals surface area contributed by atoms with Gasteiger partial charge in [0.15, 0.2) is 0 Å². The van der Waals surface area contributed by atoms with Crippen LogP contribution in [0.2, 0.25) is 0 Å². The van der Waals surface area contributed by atoms with E-state index in [2.05, 4.69) is 31.4 Å². The first-order valence-corrected chi connectivity index (χ1v) is 6.51. The average Bonchev–Trinajstić information content (AvgIpc) is 2.18. The van der Waals surface area contributed by atoms with Crippen molar-refractivity contribution in [3.8, 4) is 0 Å². The Labute approximate surface area is 100 Å². The number of hydrogen-bond donors (Lipinski definition) is 2. The summed E-state index contributed by atoms with van der Waals surface area (Å²) in [5.41, 5.74) is -2.70. The fourth-order valence-electron chi connectivity index (χ4n) is 1.74. The second-order valence-corrected chi connectivity index (χ2v) is 5.22. The molecule has 1 fully saturated rings. The van der Waals surface area contributed by atoms with Gasteiger partial charge in [-0.05, 0) is 25.9 Å². The van der Waals surface area contributed by atoms with E-state index in [1.807, 2.05) is 7.05 Å². The molecule has 1 rings (SSSR count). The molecular formula is C11H25F2N2P. The highest BCUT2D eigenvalue weighted by atomic mass is 31.0. The maximum Gasteiger partial charge on any atom is 0.273 e. The van der Waals surface area contributed by atoms with Gasteiger partial charge in [0, 0.05) is 6.04 Å². The summed E-state index contributed by atoms with van der Waals surface area (Å²) in [5.74, 6) is 0.411. The predicted molar refractivity (Wildman–Crippen MR) is 69.0 cm³/mol. The minimum absolute atomic E-state index is 0.192. The van der Waals surface area contributed by atoms with Crippen LogP contribution in [-0.4, -0.2) is 31.3 Å². The third-order valence-electron chi connectivity index (χ3n) is 2.70. The Balaban J connectivity index is 0.000000673. The number of hydrogen-bond acceptors (Lipinski definition) is 2. The first-order chi connectivity index (χ1) is 7.36. The predicted octanol–water partition coefficient (Wildman–Crippen LogP) is 2.46. The number of alkyl halides is 2. The van der Waals surface area contributed by atoms with Crippen molar-refractivity contribution in [3.63, 3.8) is 0 Å². The summed E-state index contributed by atoms with van der Waals surface area (Å²) in [5, 5.41) is 5.94. The largest absolute Gasteiger partial charge is 0.317 e. The molecule has 0 bridgehead atoms. The van der Waals surface area contributed by atoms with E-state index in [0.29, 0.717) is 18.9 Å². The minimum Gasteiger partial charge on any atom is -0.317 e. The van der Waals surface area contributed by atoms with E-state index in [9.17, 15) is 8.78 Å². The average molecular weight is 254 g/mol. The highest BCUT2D eigenvalue weighted by molar-refractivity contribution is 7.18. The van der Waals surface area contributed by atoms with Crippen LogP contribution >= 0.6 is 9.24 Å². The molecule has 1 saturated heterocycles. The van der Waals surface area contributed by atoms with E-state index >= 15 is 0 Å². The van der Waals surface area contributed by atoms with Crippen molar-refractivity contribution in [2.45, 2.75) is 51.4 Å². The summed E-state index contributed by atoms with van der Waals surface area (Å²) in [7, 11) is 3.43. The highest BCUT2D eigenvalue weighted by Gasteiger charge is 2.39. The first-order valence-electron chi connectivity index (χ1n) is 5.94. The van der Waals surface area contributed by atoms with Gasteiger partial charge in [0.2, 0.25) is 0 Å². The van der Waals surface area contributed by atoms with E-state index < -0.39 is 11.7 Å². The van der Waals surface area contributed by atoms with Crippen LogP contribution in [0.1, 0.15) is 33.6 Å². The van der Waals surface area contributed by atoms with Crippen LogP contribution in [0.5, 0.6) is 0 Å². The van der Waals surface area contributed by atoms with E-state index in [1.165, 1.54) is 6.42 Å². The number of piperidine rings is 1. The van der Waals surface area contributed by atoms with E-state index in [-0.39, 0.29) is 6.04 Å². The van der Waals surface area contributed by atoms with E-state index in [4.69, 9.17) is 0 Å². The van der Waals surface area contributed by atoms with Crippen LogP contribution in [-0.2, 0) is 0 Å². The molecule has 0 aliphatic carbocycles. The molecule has 4 atom stereocenters. The molecule has 5 heteroatoms. The molecule has 0 aromatic carbocycles. The molecule has 0 saturated carbocycles. The fraction of sp³-hybridized carbons (Fsp3) is 1.00. The van der Waals surface area contributed by atoms with Gasteiger partial charge < -0.3 is 10.6 Å². The van der Waals surface area contributed by atoms with Crippen molar-refractivity contribution in [2.24, 2.45) is 5.92 Å². The van der Waals surface area contributed by atoms with Crippen molar-refractivity contribution in [2.75, 3.05) is 13.6 Å². The lowest BCUT2D eigenvalue weighted by molar-refractivity contribution is 0.0330. The third kappa shape index (κ3) is 5.51. The lowest BCUT2D eigenvalue weighted by Gasteiger charge is -2.37. The van der Waals surface area contributed by atoms with Gasteiger partial charge in [0.1, 0.15) is 0 Å². The molecule has 0 aromatic rings. The summed E-state index contributed by atoms with van der Waals surface area (Å²) in [6.07, 6.45) is 1.73. The summed E-state index contributed by atoms with van der Waals surface area (Å²) in [6.45, 7) is 6.96. The van der Waals surface area contributed by atoms with Crippen LogP contribution in [0.15, 0.2) is 0 Å². The second kappa shape index (κ2) is 7.52.